The Bertz CT molecular complexity index is 941. The number of amides is 1. The number of nitrogens with zero attached hydrogens (tertiary/aromatic N) is 2. The molecule has 146 valence electrons. The molecule has 1 atom stereocenters. The highest BCUT2D eigenvalue weighted by atomic mass is 32.2. The molecule has 2 aromatic carbocycles. The highest BCUT2D eigenvalue weighted by Crippen LogP contribution is 2.28. The summed E-state index contributed by atoms with van der Waals surface area (Å²) in [7, 11) is 3.14. The Morgan fingerprint density at radius 2 is 1.68 bits per heavy atom. The highest BCUT2D eigenvalue weighted by Gasteiger charge is 2.26. The van der Waals surface area contributed by atoms with Crippen molar-refractivity contribution in [3.63, 3.8) is 0 Å². The second-order valence-corrected chi connectivity index (χ2v) is 7.08. The molecule has 9 heteroatoms. The van der Waals surface area contributed by atoms with Gasteiger partial charge in [-0.3, -0.25) is 4.79 Å². The lowest BCUT2D eigenvalue weighted by Gasteiger charge is -2.10. The van der Waals surface area contributed by atoms with Crippen molar-refractivity contribution in [3.8, 4) is 23.1 Å². The van der Waals surface area contributed by atoms with Crippen molar-refractivity contribution in [2.75, 3.05) is 19.5 Å². The molecule has 1 aromatic heterocycles. The number of methoxy groups -OCH3 is 2. The van der Waals surface area contributed by atoms with E-state index in [1.54, 1.807) is 69.7 Å². The first kappa shape index (κ1) is 19.6. The lowest BCUT2D eigenvalue weighted by Crippen LogP contribution is -2.36. The van der Waals surface area contributed by atoms with E-state index < -0.39 is 11.2 Å². The van der Waals surface area contributed by atoms with Gasteiger partial charge >= 0.3 is 0 Å². The number of hydrogen-bond acceptors (Lipinski definition) is 7. The molecular weight excluding hydrogens is 382 g/mol. The number of ether oxygens (including phenoxy) is 2. The summed E-state index contributed by atoms with van der Waals surface area (Å²) in [4.78, 5) is 12.5. The monoisotopic (exact) mass is 401 g/mol. The summed E-state index contributed by atoms with van der Waals surface area (Å²) < 4.78 is 16.4. The molecule has 0 fully saturated rings. The standard InChI is InChI=1S/C19H19N3O5S/c1-12(17(23)20-13-4-8-15(25-2)9-5-13)28-18-19(24)27-21-22(18)14-6-10-16(26-3)11-7-14/h4-12H,1-3H3,(H-,20,21,23,24). The fraction of sp³-hybridized carbons (Fsp3) is 0.211. The van der Waals surface area contributed by atoms with E-state index in [0.29, 0.717) is 22.9 Å². The number of hydrogen-bond donors (Lipinski definition) is 1. The van der Waals surface area contributed by atoms with Crippen molar-refractivity contribution in [1.29, 1.82) is 0 Å². The molecule has 0 spiro atoms. The predicted octanol–water partition coefficient (Wildman–Crippen LogP) is 2.16. The van der Waals surface area contributed by atoms with E-state index in [9.17, 15) is 9.90 Å². The Kier molecular flexibility index (Phi) is 6.05. The molecule has 1 heterocycles. The van der Waals surface area contributed by atoms with Crippen LogP contribution in [0.2, 0.25) is 0 Å². The molecule has 1 N–H and O–H groups in total. The first-order valence-corrected chi connectivity index (χ1v) is 9.25. The summed E-state index contributed by atoms with van der Waals surface area (Å²) in [5, 5.41) is 18.3. The van der Waals surface area contributed by atoms with Gasteiger partial charge in [-0.15, -0.1) is 0 Å². The number of carbonyl (C=O) groups is 1. The van der Waals surface area contributed by atoms with Gasteiger partial charge in [0.2, 0.25) is 11.6 Å². The normalized spacial score (nSPS) is 11.7. The molecular formula is C19H19N3O5S. The molecule has 28 heavy (non-hydrogen) atoms. The Hall–Kier alpha value is -3.20. The van der Waals surface area contributed by atoms with Crippen LogP contribution in [0.15, 0.2) is 58.1 Å². The number of nitrogens with one attached hydrogen (secondary N) is 1. The molecule has 1 unspecified atom stereocenters. The van der Waals surface area contributed by atoms with E-state index in [4.69, 9.17) is 14.0 Å². The topological polar surface area (TPSA) is 101 Å². The molecule has 0 saturated carbocycles. The van der Waals surface area contributed by atoms with Gasteiger partial charge in [-0.2, -0.15) is 0 Å². The van der Waals surface area contributed by atoms with Crippen LogP contribution in [0.25, 0.3) is 5.69 Å². The first-order chi connectivity index (χ1) is 13.5. The molecule has 0 aliphatic heterocycles. The lowest BCUT2D eigenvalue weighted by atomic mass is 10.3. The van der Waals surface area contributed by atoms with Crippen LogP contribution >= 0.6 is 11.8 Å². The predicted molar refractivity (Wildman–Crippen MR) is 101 cm³/mol. The third-order valence-electron chi connectivity index (χ3n) is 3.90. The maximum absolute atomic E-state index is 12.5. The molecule has 0 aliphatic carbocycles. The van der Waals surface area contributed by atoms with Crippen LogP contribution in [-0.2, 0) is 4.79 Å². The average molecular weight is 401 g/mol. The fourth-order valence-electron chi connectivity index (χ4n) is 2.37. The molecule has 1 amide bonds. The lowest BCUT2D eigenvalue weighted by molar-refractivity contribution is -0.705. The summed E-state index contributed by atoms with van der Waals surface area (Å²) in [5.74, 6) is 0.514. The highest BCUT2D eigenvalue weighted by molar-refractivity contribution is 8.00. The maximum Gasteiger partial charge on any atom is 0.298 e. The van der Waals surface area contributed by atoms with Gasteiger partial charge in [0.05, 0.1) is 24.7 Å². The number of carbonyl (C=O) groups excluding carboxylic acids is 1. The van der Waals surface area contributed by atoms with Crippen molar-refractivity contribution >= 4 is 23.4 Å². The van der Waals surface area contributed by atoms with Crippen molar-refractivity contribution < 1.29 is 28.6 Å². The van der Waals surface area contributed by atoms with Gasteiger partial charge in [-0.1, -0.05) is 0 Å². The number of rotatable bonds is 7. The minimum absolute atomic E-state index is 0.211. The Balaban J connectivity index is 1.73. The Morgan fingerprint density at radius 1 is 1.11 bits per heavy atom. The van der Waals surface area contributed by atoms with E-state index in [1.807, 2.05) is 0 Å². The van der Waals surface area contributed by atoms with Crippen molar-refractivity contribution in [1.82, 2.24) is 5.27 Å². The average Bonchev–Trinajstić information content (AvgIpc) is 3.08. The molecule has 3 rings (SSSR count). The zero-order valence-corrected chi connectivity index (χ0v) is 16.4. The van der Waals surface area contributed by atoms with Crippen LogP contribution in [-0.4, -0.2) is 30.6 Å². The van der Waals surface area contributed by atoms with Gasteiger partial charge in [-0.25, -0.2) is 0 Å². The van der Waals surface area contributed by atoms with Crippen LogP contribution in [0.5, 0.6) is 17.4 Å². The molecule has 8 nitrogen and oxygen atoms in total. The second kappa shape index (κ2) is 8.66. The number of anilines is 1. The summed E-state index contributed by atoms with van der Waals surface area (Å²) in [6, 6.07) is 14.0. The zero-order chi connectivity index (χ0) is 20.1. The molecule has 0 radical (unpaired) electrons. The van der Waals surface area contributed by atoms with Gasteiger partial charge < -0.3 is 24.4 Å². The summed E-state index contributed by atoms with van der Waals surface area (Å²) >= 11 is 1.07. The molecule has 0 aliphatic rings. The van der Waals surface area contributed by atoms with Gasteiger partial charge in [0.15, 0.2) is 5.95 Å². The van der Waals surface area contributed by atoms with Crippen LogP contribution < -0.4 is 24.6 Å². The largest absolute Gasteiger partial charge is 0.538 e. The number of aromatic nitrogens is 2. The van der Waals surface area contributed by atoms with Gasteiger partial charge in [-0.05, 0) is 59.8 Å². The van der Waals surface area contributed by atoms with Crippen LogP contribution in [0, 0.1) is 0 Å². The van der Waals surface area contributed by atoms with Crippen LogP contribution in [0.4, 0.5) is 5.69 Å². The number of benzene rings is 2. The van der Waals surface area contributed by atoms with Crippen molar-refractivity contribution in [2.45, 2.75) is 17.2 Å². The first-order valence-electron chi connectivity index (χ1n) is 8.37. The van der Waals surface area contributed by atoms with E-state index in [0.717, 1.165) is 11.8 Å². The summed E-state index contributed by atoms with van der Waals surface area (Å²) in [6.45, 7) is 1.70. The minimum Gasteiger partial charge on any atom is -0.538 e. The fourth-order valence-corrected chi connectivity index (χ4v) is 3.24. The third kappa shape index (κ3) is 4.37. The van der Waals surface area contributed by atoms with Crippen molar-refractivity contribution in [3.05, 3.63) is 48.5 Å². The minimum atomic E-state index is -0.607. The molecule has 0 saturated heterocycles. The van der Waals surface area contributed by atoms with E-state index >= 15 is 0 Å². The quantitative estimate of drug-likeness (QED) is 0.478. The Labute approximate surface area is 166 Å². The van der Waals surface area contributed by atoms with E-state index in [1.165, 1.54) is 4.68 Å². The van der Waals surface area contributed by atoms with Gasteiger partial charge in [0.1, 0.15) is 11.5 Å². The van der Waals surface area contributed by atoms with Gasteiger partial charge in [0.25, 0.3) is 5.03 Å². The SMILES string of the molecule is COc1ccc(NC(=O)C(C)Sc2c([O-])on[n+]2-c2ccc(OC)cc2)cc1. The maximum atomic E-state index is 12.5. The van der Waals surface area contributed by atoms with Gasteiger partial charge in [0, 0.05) is 17.8 Å². The third-order valence-corrected chi connectivity index (χ3v) is 5.04. The van der Waals surface area contributed by atoms with Crippen molar-refractivity contribution in [2.24, 2.45) is 0 Å². The van der Waals surface area contributed by atoms with E-state index in [-0.39, 0.29) is 10.9 Å². The smallest absolute Gasteiger partial charge is 0.298 e. The Morgan fingerprint density at radius 3 is 2.25 bits per heavy atom. The molecule has 0 bridgehead atoms. The van der Waals surface area contributed by atoms with E-state index in [2.05, 4.69) is 10.6 Å². The van der Waals surface area contributed by atoms with Crippen LogP contribution in [0.1, 0.15) is 6.92 Å². The molecule has 3 aromatic rings. The zero-order valence-electron chi connectivity index (χ0n) is 15.5. The van der Waals surface area contributed by atoms with Crippen LogP contribution in [0.3, 0.4) is 0 Å². The number of thioether (sulfide) groups is 1. The second-order valence-electron chi connectivity index (χ2n) is 5.75. The summed E-state index contributed by atoms with van der Waals surface area (Å²) in [5.41, 5.74) is 1.26. The summed E-state index contributed by atoms with van der Waals surface area (Å²) in [6.07, 6.45) is 0.